The fourth-order valence-electron chi connectivity index (χ4n) is 3.64. The second-order valence-corrected chi connectivity index (χ2v) is 8.61. The Morgan fingerprint density at radius 1 is 1.33 bits per heavy atom. The van der Waals surface area contributed by atoms with Gasteiger partial charge in [-0.25, -0.2) is 13.6 Å². The fraction of sp³-hybridized carbons (Fsp3) is 0.600. The number of rotatable bonds is 4. The predicted molar refractivity (Wildman–Crippen MR) is 96.6 cm³/mol. The minimum atomic E-state index is -2.68. The predicted octanol–water partition coefficient (Wildman–Crippen LogP) is 4.55. The summed E-state index contributed by atoms with van der Waals surface area (Å²) in [5.74, 6) is -0.354. The minimum absolute atomic E-state index is 0.113. The number of alkyl halides is 2. The van der Waals surface area contributed by atoms with Crippen molar-refractivity contribution in [1.82, 2.24) is 10.2 Å². The fourth-order valence-corrected chi connectivity index (χ4v) is 3.64. The standard InChI is InChI=1S/C20H26F2N2O3/c1-19(2,3)27-18(26)24(20(4)6-5-7-20)11-12-8-13(16(21)22)15-10-23-17(25)14(15)9-12/h8-9,16H,5-7,10-11H2,1-4H3,(H,23,25). The number of ether oxygens (including phenoxy) is 1. The molecule has 5 nitrogen and oxygen atoms in total. The molecule has 1 saturated carbocycles. The molecule has 0 atom stereocenters. The zero-order valence-electron chi connectivity index (χ0n) is 16.2. The first kappa shape index (κ1) is 19.6. The van der Waals surface area contributed by atoms with E-state index in [1.807, 2.05) is 6.92 Å². The molecule has 27 heavy (non-hydrogen) atoms. The number of nitrogens with one attached hydrogen (secondary N) is 1. The van der Waals surface area contributed by atoms with Gasteiger partial charge < -0.3 is 10.1 Å². The van der Waals surface area contributed by atoms with Crippen molar-refractivity contribution >= 4 is 12.0 Å². The van der Waals surface area contributed by atoms with Crippen molar-refractivity contribution in [2.24, 2.45) is 0 Å². The third kappa shape index (κ3) is 3.92. The smallest absolute Gasteiger partial charge is 0.411 e. The van der Waals surface area contributed by atoms with Crippen LogP contribution >= 0.6 is 0 Å². The van der Waals surface area contributed by atoms with Crippen LogP contribution in [0, 0.1) is 0 Å². The van der Waals surface area contributed by atoms with Gasteiger partial charge in [-0.15, -0.1) is 0 Å². The maximum absolute atomic E-state index is 13.5. The number of nitrogens with zero attached hydrogens (tertiary/aromatic N) is 1. The van der Waals surface area contributed by atoms with E-state index in [1.165, 1.54) is 6.07 Å². The van der Waals surface area contributed by atoms with E-state index in [4.69, 9.17) is 4.74 Å². The Kier molecular flexibility index (Phi) is 4.91. The van der Waals surface area contributed by atoms with Gasteiger partial charge in [0.05, 0.1) is 0 Å². The van der Waals surface area contributed by atoms with Crippen molar-refractivity contribution in [3.8, 4) is 0 Å². The molecule has 0 aromatic heterocycles. The van der Waals surface area contributed by atoms with Gasteiger partial charge >= 0.3 is 6.09 Å². The van der Waals surface area contributed by atoms with Crippen molar-refractivity contribution in [2.45, 2.75) is 77.6 Å². The normalized spacial score (nSPS) is 18.0. The molecule has 0 bridgehead atoms. The van der Waals surface area contributed by atoms with Crippen molar-refractivity contribution in [3.05, 3.63) is 34.4 Å². The molecule has 0 unspecified atom stereocenters. The Morgan fingerprint density at radius 2 is 2.00 bits per heavy atom. The number of benzene rings is 1. The first-order valence-electron chi connectivity index (χ1n) is 9.23. The third-order valence-electron chi connectivity index (χ3n) is 5.29. The van der Waals surface area contributed by atoms with Gasteiger partial charge in [-0.05, 0) is 70.2 Å². The van der Waals surface area contributed by atoms with E-state index >= 15 is 0 Å². The summed E-state index contributed by atoms with van der Waals surface area (Å²) in [4.78, 5) is 26.4. The zero-order valence-corrected chi connectivity index (χ0v) is 16.2. The molecule has 1 N–H and O–H groups in total. The molecule has 1 aromatic rings. The number of carbonyl (C=O) groups excluding carboxylic acids is 2. The summed E-state index contributed by atoms with van der Waals surface area (Å²) >= 11 is 0. The summed E-state index contributed by atoms with van der Waals surface area (Å²) < 4.78 is 32.6. The van der Waals surface area contributed by atoms with Gasteiger partial charge in [0.1, 0.15) is 5.60 Å². The van der Waals surface area contributed by atoms with E-state index in [-0.39, 0.29) is 35.7 Å². The highest BCUT2D eigenvalue weighted by Crippen LogP contribution is 2.39. The zero-order chi connectivity index (χ0) is 20.0. The molecule has 1 fully saturated rings. The maximum atomic E-state index is 13.5. The molecule has 3 rings (SSSR count). The van der Waals surface area contributed by atoms with E-state index in [9.17, 15) is 18.4 Å². The molecule has 1 aliphatic carbocycles. The second-order valence-electron chi connectivity index (χ2n) is 8.61. The summed E-state index contributed by atoms with van der Waals surface area (Å²) in [7, 11) is 0. The van der Waals surface area contributed by atoms with Gasteiger partial charge in [0.25, 0.3) is 12.3 Å². The molecule has 2 amide bonds. The highest BCUT2D eigenvalue weighted by molar-refractivity contribution is 5.99. The lowest BCUT2D eigenvalue weighted by molar-refractivity contribution is -0.0238. The highest BCUT2D eigenvalue weighted by Gasteiger charge is 2.42. The van der Waals surface area contributed by atoms with Gasteiger partial charge in [0, 0.05) is 29.8 Å². The van der Waals surface area contributed by atoms with Gasteiger partial charge in [-0.3, -0.25) is 9.69 Å². The number of hydrogen-bond acceptors (Lipinski definition) is 3. The Bertz CT molecular complexity index is 767. The minimum Gasteiger partial charge on any atom is -0.444 e. The second kappa shape index (κ2) is 6.77. The van der Waals surface area contributed by atoms with Crippen LogP contribution in [-0.2, 0) is 17.8 Å². The van der Waals surface area contributed by atoms with Crippen LogP contribution in [0.5, 0.6) is 0 Å². The first-order valence-corrected chi connectivity index (χ1v) is 9.23. The van der Waals surface area contributed by atoms with E-state index in [0.717, 1.165) is 19.3 Å². The van der Waals surface area contributed by atoms with Gasteiger partial charge in [0.2, 0.25) is 0 Å². The van der Waals surface area contributed by atoms with Crippen LogP contribution in [0.2, 0.25) is 0 Å². The van der Waals surface area contributed by atoms with Gasteiger partial charge in [-0.2, -0.15) is 0 Å². The quantitative estimate of drug-likeness (QED) is 0.834. The van der Waals surface area contributed by atoms with Crippen LogP contribution in [0.15, 0.2) is 12.1 Å². The average Bonchev–Trinajstić information content (AvgIpc) is 2.89. The van der Waals surface area contributed by atoms with E-state index in [2.05, 4.69) is 5.32 Å². The molecule has 0 saturated heterocycles. The molecule has 7 heteroatoms. The van der Waals surface area contributed by atoms with E-state index in [1.54, 1.807) is 31.7 Å². The Labute approximate surface area is 158 Å². The monoisotopic (exact) mass is 380 g/mol. The summed E-state index contributed by atoms with van der Waals surface area (Å²) in [6, 6.07) is 3.02. The Hall–Kier alpha value is -2.18. The molecule has 1 aliphatic heterocycles. The summed E-state index contributed by atoms with van der Waals surface area (Å²) in [5.41, 5.74) is -0.0392. The molecule has 1 heterocycles. The topological polar surface area (TPSA) is 58.6 Å². The van der Waals surface area contributed by atoms with Crippen molar-refractivity contribution in [2.75, 3.05) is 0 Å². The van der Waals surface area contributed by atoms with E-state index in [0.29, 0.717) is 11.1 Å². The van der Waals surface area contributed by atoms with Crippen LogP contribution in [-0.4, -0.2) is 28.0 Å². The number of hydrogen-bond donors (Lipinski definition) is 1. The van der Waals surface area contributed by atoms with Gasteiger partial charge in [0.15, 0.2) is 0 Å². The first-order chi connectivity index (χ1) is 12.5. The average molecular weight is 380 g/mol. The molecule has 2 aliphatic rings. The summed E-state index contributed by atoms with van der Waals surface area (Å²) in [5, 5.41) is 2.59. The Morgan fingerprint density at radius 3 is 2.52 bits per heavy atom. The lowest BCUT2D eigenvalue weighted by Gasteiger charge is -2.47. The molecule has 0 radical (unpaired) electrons. The van der Waals surface area contributed by atoms with Crippen molar-refractivity contribution in [3.63, 3.8) is 0 Å². The van der Waals surface area contributed by atoms with Gasteiger partial charge in [-0.1, -0.05) is 0 Å². The molecule has 0 spiro atoms. The van der Waals surface area contributed by atoms with Crippen LogP contribution in [0.1, 0.15) is 80.4 Å². The van der Waals surface area contributed by atoms with E-state index < -0.39 is 18.1 Å². The van der Waals surface area contributed by atoms with Crippen LogP contribution < -0.4 is 5.32 Å². The lowest BCUT2D eigenvalue weighted by Crippen LogP contribution is -2.54. The van der Waals surface area contributed by atoms with Crippen LogP contribution in [0.4, 0.5) is 13.6 Å². The number of halogens is 2. The highest BCUT2D eigenvalue weighted by atomic mass is 19.3. The lowest BCUT2D eigenvalue weighted by atomic mass is 9.77. The third-order valence-corrected chi connectivity index (χ3v) is 5.29. The summed E-state index contributed by atoms with van der Waals surface area (Å²) in [6.45, 7) is 7.60. The van der Waals surface area contributed by atoms with Crippen molar-refractivity contribution < 1.29 is 23.1 Å². The number of carbonyl (C=O) groups is 2. The largest absolute Gasteiger partial charge is 0.444 e. The Balaban J connectivity index is 1.94. The van der Waals surface area contributed by atoms with Crippen molar-refractivity contribution in [1.29, 1.82) is 0 Å². The molecular weight excluding hydrogens is 354 g/mol. The number of fused-ring (bicyclic) bond motifs is 1. The molecular formula is C20H26F2N2O3. The molecule has 1 aromatic carbocycles. The molecule has 148 valence electrons. The summed E-state index contributed by atoms with van der Waals surface area (Å²) in [6.07, 6.45) is -0.474. The van der Waals surface area contributed by atoms with Crippen LogP contribution in [0.3, 0.4) is 0 Å². The maximum Gasteiger partial charge on any atom is 0.411 e. The van der Waals surface area contributed by atoms with Crippen LogP contribution in [0.25, 0.3) is 0 Å². The number of amides is 2. The SMILES string of the molecule is CC(C)(C)OC(=O)N(Cc1cc2c(c(C(F)F)c1)CNC2=O)C1(C)CCC1.